The lowest BCUT2D eigenvalue weighted by Gasteiger charge is -2.29. The Kier molecular flexibility index (Phi) is 4.05. The van der Waals surface area contributed by atoms with Gasteiger partial charge in [0.25, 0.3) is 0 Å². The molecule has 0 aliphatic heterocycles. The number of nitrogens with two attached hydrogens (primary N) is 1. The molecule has 1 amide bonds. The second-order valence-electron chi connectivity index (χ2n) is 5.70. The molecule has 0 aromatic carbocycles. The van der Waals surface area contributed by atoms with Gasteiger partial charge in [-0.05, 0) is 25.7 Å². The van der Waals surface area contributed by atoms with Crippen LogP contribution < -0.4 is 11.1 Å². The summed E-state index contributed by atoms with van der Waals surface area (Å²) in [5, 5.41) is 13.1. The summed E-state index contributed by atoms with van der Waals surface area (Å²) in [6, 6.07) is 0.00182. The SMILES string of the molecule is NC1CCCCC1C(=O)NCC1(O)CCCC1. The van der Waals surface area contributed by atoms with E-state index in [1.54, 1.807) is 0 Å². The van der Waals surface area contributed by atoms with Crippen molar-refractivity contribution in [2.45, 2.75) is 63.0 Å². The van der Waals surface area contributed by atoms with Gasteiger partial charge in [-0.1, -0.05) is 25.7 Å². The highest BCUT2D eigenvalue weighted by atomic mass is 16.3. The van der Waals surface area contributed by atoms with E-state index in [0.29, 0.717) is 6.54 Å². The minimum absolute atomic E-state index is 0.00182. The zero-order chi connectivity index (χ0) is 12.3. The van der Waals surface area contributed by atoms with Crippen molar-refractivity contribution >= 4 is 5.91 Å². The number of aliphatic hydroxyl groups is 1. The minimum atomic E-state index is -0.658. The van der Waals surface area contributed by atoms with Gasteiger partial charge in [-0.3, -0.25) is 4.79 Å². The van der Waals surface area contributed by atoms with E-state index in [9.17, 15) is 9.90 Å². The quantitative estimate of drug-likeness (QED) is 0.687. The largest absolute Gasteiger partial charge is 0.388 e. The van der Waals surface area contributed by atoms with Gasteiger partial charge < -0.3 is 16.2 Å². The lowest BCUT2D eigenvalue weighted by molar-refractivity contribution is -0.127. The average Bonchev–Trinajstić information content (AvgIpc) is 2.74. The Morgan fingerprint density at radius 1 is 1.24 bits per heavy atom. The van der Waals surface area contributed by atoms with Crippen molar-refractivity contribution in [1.29, 1.82) is 0 Å². The molecule has 2 aliphatic rings. The van der Waals surface area contributed by atoms with Crippen LogP contribution in [0.25, 0.3) is 0 Å². The predicted molar refractivity (Wildman–Crippen MR) is 66.4 cm³/mol. The molecule has 4 N–H and O–H groups in total. The summed E-state index contributed by atoms with van der Waals surface area (Å²) >= 11 is 0. The fourth-order valence-electron chi connectivity index (χ4n) is 3.08. The maximum atomic E-state index is 12.0. The van der Waals surface area contributed by atoms with Gasteiger partial charge in [0.05, 0.1) is 11.5 Å². The van der Waals surface area contributed by atoms with E-state index in [1.807, 2.05) is 0 Å². The van der Waals surface area contributed by atoms with E-state index >= 15 is 0 Å². The summed E-state index contributed by atoms with van der Waals surface area (Å²) in [4.78, 5) is 12.0. The summed E-state index contributed by atoms with van der Waals surface area (Å²) in [5.74, 6) is -0.00808. The first-order valence-electron chi connectivity index (χ1n) is 6.86. The number of amides is 1. The highest BCUT2D eigenvalue weighted by molar-refractivity contribution is 5.79. The topological polar surface area (TPSA) is 75.4 Å². The van der Waals surface area contributed by atoms with E-state index in [0.717, 1.165) is 51.4 Å². The van der Waals surface area contributed by atoms with Crippen molar-refractivity contribution in [1.82, 2.24) is 5.32 Å². The summed E-state index contributed by atoms with van der Waals surface area (Å²) in [5.41, 5.74) is 5.31. The normalized spacial score (nSPS) is 32.4. The van der Waals surface area contributed by atoms with E-state index in [2.05, 4.69) is 5.32 Å². The lowest BCUT2D eigenvalue weighted by atomic mass is 9.84. The number of nitrogens with one attached hydrogen (secondary N) is 1. The standard InChI is InChI=1S/C13H24N2O2/c14-11-6-2-1-5-10(11)12(16)15-9-13(17)7-3-4-8-13/h10-11,17H,1-9,14H2,(H,15,16). The van der Waals surface area contributed by atoms with Crippen LogP contribution >= 0.6 is 0 Å². The summed E-state index contributed by atoms with van der Waals surface area (Å²) in [6.07, 6.45) is 7.82. The molecular weight excluding hydrogens is 216 g/mol. The fraction of sp³-hybridized carbons (Fsp3) is 0.923. The monoisotopic (exact) mass is 240 g/mol. The van der Waals surface area contributed by atoms with Crippen LogP contribution in [0.1, 0.15) is 51.4 Å². The van der Waals surface area contributed by atoms with Gasteiger partial charge in [-0.15, -0.1) is 0 Å². The van der Waals surface area contributed by atoms with Gasteiger partial charge in [-0.25, -0.2) is 0 Å². The Labute approximate surface area is 103 Å². The smallest absolute Gasteiger partial charge is 0.224 e. The predicted octanol–water partition coefficient (Wildman–Crippen LogP) is 0.925. The van der Waals surface area contributed by atoms with Crippen LogP contribution in [0.15, 0.2) is 0 Å². The van der Waals surface area contributed by atoms with Crippen LogP contribution in [0.2, 0.25) is 0 Å². The molecule has 2 unspecified atom stereocenters. The van der Waals surface area contributed by atoms with Crippen molar-refractivity contribution in [2.24, 2.45) is 11.7 Å². The van der Waals surface area contributed by atoms with Gasteiger partial charge in [0.1, 0.15) is 0 Å². The van der Waals surface area contributed by atoms with E-state index in [1.165, 1.54) is 0 Å². The van der Waals surface area contributed by atoms with Crippen LogP contribution in [0.3, 0.4) is 0 Å². The van der Waals surface area contributed by atoms with Crippen LogP contribution in [-0.2, 0) is 4.79 Å². The number of carbonyl (C=O) groups excluding carboxylic acids is 1. The highest BCUT2D eigenvalue weighted by Crippen LogP contribution is 2.29. The molecule has 2 saturated carbocycles. The zero-order valence-electron chi connectivity index (χ0n) is 10.5. The first-order valence-corrected chi connectivity index (χ1v) is 6.86. The molecule has 2 fully saturated rings. The van der Waals surface area contributed by atoms with Crippen molar-refractivity contribution in [3.8, 4) is 0 Å². The van der Waals surface area contributed by atoms with Crippen LogP contribution in [-0.4, -0.2) is 29.2 Å². The number of hydrogen-bond acceptors (Lipinski definition) is 3. The fourth-order valence-corrected chi connectivity index (χ4v) is 3.08. The second kappa shape index (κ2) is 5.36. The number of rotatable bonds is 3. The van der Waals surface area contributed by atoms with Crippen LogP contribution in [0, 0.1) is 5.92 Å². The van der Waals surface area contributed by atoms with Crippen molar-refractivity contribution in [3.63, 3.8) is 0 Å². The highest BCUT2D eigenvalue weighted by Gasteiger charge is 2.33. The molecule has 2 atom stereocenters. The van der Waals surface area contributed by atoms with Gasteiger partial charge in [0, 0.05) is 12.6 Å². The molecule has 0 heterocycles. The molecule has 0 aromatic rings. The molecule has 0 radical (unpaired) electrons. The molecule has 2 rings (SSSR count). The van der Waals surface area contributed by atoms with Crippen molar-refractivity contribution in [2.75, 3.05) is 6.54 Å². The molecule has 17 heavy (non-hydrogen) atoms. The molecule has 2 aliphatic carbocycles. The summed E-state index contributed by atoms with van der Waals surface area (Å²) in [7, 11) is 0. The molecular formula is C13H24N2O2. The zero-order valence-corrected chi connectivity index (χ0v) is 10.5. The Bertz CT molecular complexity index is 275. The first-order chi connectivity index (χ1) is 8.11. The Balaban J connectivity index is 1.80. The lowest BCUT2D eigenvalue weighted by Crippen LogP contribution is -2.48. The van der Waals surface area contributed by atoms with Crippen molar-refractivity contribution < 1.29 is 9.90 Å². The van der Waals surface area contributed by atoms with Crippen LogP contribution in [0.4, 0.5) is 0 Å². The maximum Gasteiger partial charge on any atom is 0.224 e. The third-order valence-electron chi connectivity index (χ3n) is 4.28. The molecule has 0 saturated heterocycles. The molecule has 0 bridgehead atoms. The minimum Gasteiger partial charge on any atom is -0.388 e. The van der Waals surface area contributed by atoms with Gasteiger partial charge in [0.2, 0.25) is 5.91 Å². The van der Waals surface area contributed by atoms with E-state index in [4.69, 9.17) is 5.73 Å². The first kappa shape index (κ1) is 12.8. The van der Waals surface area contributed by atoms with E-state index in [-0.39, 0.29) is 17.9 Å². The van der Waals surface area contributed by atoms with E-state index < -0.39 is 5.60 Å². The molecule has 4 nitrogen and oxygen atoms in total. The average molecular weight is 240 g/mol. The third kappa shape index (κ3) is 3.19. The van der Waals surface area contributed by atoms with Gasteiger partial charge in [0.15, 0.2) is 0 Å². The number of hydrogen-bond donors (Lipinski definition) is 3. The van der Waals surface area contributed by atoms with Gasteiger partial charge in [-0.2, -0.15) is 0 Å². The number of carbonyl (C=O) groups is 1. The maximum absolute atomic E-state index is 12.0. The Morgan fingerprint density at radius 3 is 2.53 bits per heavy atom. The second-order valence-corrected chi connectivity index (χ2v) is 5.70. The third-order valence-corrected chi connectivity index (χ3v) is 4.28. The van der Waals surface area contributed by atoms with Gasteiger partial charge >= 0.3 is 0 Å². The molecule has 4 heteroatoms. The summed E-state index contributed by atoms with van der Waals surface area (Å²) < 4.78 is 0. The van der Waals surface area contributed by atoms with Crippen LogP contribution in [0.5, 0.6) is 0 Å². The van der Waals surface area contributed by atoms with Crippen molar-refractivity contribution in [3.05, 3.63) is 0 Å². The molecule has 0 spiro atoms. The summed E-state index contributed by atoms with van der Waals surface area (Å²) in [6.45, 7) is 0.398. The molecule has 0 aromatic heterocycles. The molecule has 98 valence electrons. The Hall–Kier alpha value is -0.610. The Morgan fingerprint density at radius 2 is 1.88 bits per heavy atom.